The van der Waals surface area contributed by atoms with Gasteiger partial charge in [0.1, 0.15) is 0 Å². The maximum absolute atomic E-state index is 11.8. The molecule has 0 fully saturated rings. The highest BCUT2D eigenvalue weighted by Crippen LogP contribution is 2.27. The van der Waals surface area contributed by atoms with Crippen molar-refractivity contribution >= 4 is 11.4 Å². The summed E-state index contributed by atoms with van der Waals surface area (Å²) < 4.78 is 7.12. The Kier molecular flexibility index (Phi) is 5.45. The fourth-order valence-electron chi connectivity index (χ4n) is 2.40. The van der Waals surface area contributed by atoms with Crippen LogP contribution in [-0.4, -0.2) is 23.8 Å². The molecule has 0 bridgehead atoms. The predicted octanol–water partition coefficient (Wildman–Crippen LogP) is 2.78. The van der Waals surface area contributed by atoms with Crippen LogP contribution in [0.3, 0.4) is 0 Å². The highest BCUT2D eigenvalue weighted by molar-refractivity contribution is 5.76. The van der Waals surface area contributed by atoms with E-state index in [1.165, 1.54) is 0 Å². The number of hydrogen-bond donors (Lipinski definition) is 2. The number of rotatable bonds is 6. The molecule has 0 amide bonds. The molecular formula is C18H25N3O2. The quantitative estimate of drug-likeness (QED) is 0.635. The topological polar surface area (TPSA) is 69.3 Å². The average molecular weight is 315 g/mol. The van der Waals surface area contributed by atoms with Crippen LogP contribution < -0.4 is 16.6 Å². The molecule has 2 rings (SSSR count). The Morgan fingerprint density at radius 1 is 1.26 bits per heavy atom. The van der Waals surface area contributed by atoms with E-state index in [2.05, 4.69) is 5.32 Å². The van der Waals surface area contributed by atoms with Crippen molar-refractivity contribution in [1.29, 1.82) is 0 Å². The van der Waals surface area contributed by atoms with Gasteiger partial charge in [-0.05, 0) is 50.1 Å². The van der Waals surface area contributed by atoms with E-state index in [9.17, 15) is 4.79 Å². The van der Waals surface area contributed by atoms with Gasteiger partial charge in [0, 0.05) is 25.4 Å². The number of aromatic nitrogens is 1. The highest BCUT2D eigenvalue weighted by Gasteiger charge is 2.06. The van der Waals surface area contributed by atoms with Crippen LogP contribution in [0.2, 0.25) is 0 Å². The fourth-order valence-corrected chi connectivity index (χ4v) is 2.40. The average Bonchev–Trinajstić information content (AvgIpc) is 2.50. The Hall–Kier alpha value is -2.27. The van der Waals surface area contributed by atoms with Crippen molar-refractivity contribution in [3.8, 4) is 11.1 Å². The molecule has 1 aromatic carbocycles. The van der Waals surface area contributed by atoms with Crippen molar-refractivity contribution in [2.45, 2.75) is 26.9 Å². The largest absolute Gasteiger partial charge is 0.397 e. The molecule has 2 aromatic rings. The standard InChI is InChI=1S/C18H25N3O2/c1-12(2)23-8-7-20-17-10-14(5-6-16(17)19)15-9-13(3)18(22)21(4)11-15/h5-6,9-12,20H,7-8,19H2,1-4H3. The molecular weight excluding hydrogens is 290 g/mol. The van der Waals surface area contributed by atoms with Crippen molar-refractivity contribution in [2.24, 2.45) is 7.05 Å². The fraction of sp³-hybridized carbons (Fsp3) is 0.389. The van der Waals surface area contributed by atoms with E-state index in [-0.39, 0.29) is 11.7 Å². The second-order valence-electron chi connectivity index (χ2n) is 5.98. The summed E-state index contributed by atoms with van der Waals surface area (Å²) >= 11 is 0. The van der Waals surface area contributed by atoms with Gasteiger partial charge in [0.25, 0.3) is 5.56 Å². The normalized spacial score (nSPS) is 11.0. The summed E-state index contributed by atoms with van der Waals surface area (Å²) in [6, 6.07) is 7.75. The minimum atomic E-state index is 0.0216. The van der Waals surface area contributed by atoms with Gasteiger partial charge in [0.15, 0.2) is 0 Å². The third-order valence-corrected chi connectivity index (χ3v) is 3.62. The summed E-state index contributed by atoms with van der Waals surface area (Å²) in [5.41, 5.74) is 10.4. The van der Waals surface area contributed by atoms with Gasteiger partial charge in [-0.25, -0.2) is 0 Å². The van der Waals surface area contributed by atoms with E-state index in [1.54, 1.807) is 11.6 Å². The van der Waals surface area contributed by atoms with Crippen molar-refractivity contribution < 1.29 is 4.74 Å². The molecule has 0 unspecified atom stereocenters. The number of nitrogen functional groups attached to an aromatic ring is 1. The number of nitrogens with zero attached hydrogens (tertiary/aromatic N) is 1. The summed E-state index contributed by atoms with van der Waals surface area (Å²) in [5, 5.41) is 3.30. The number of hydrogen-bond acceptors (Lipinski definition) is 4. The number of nitrogens with one attached hydrogen (secondary N) is 1. The van der Waals surface area contributed by atoms with Gasteiger partial charge >= 0.3 is 0 Å². The van der Waals surface area contributed by atoms with Gasteiger partial charge in [0.2, 0.25) is 0 Å². The predicted molar refractivity (Wildman–Crippen MR) is 95.8 cm³/mol. The van der Waals surface area contributed by atoms with Crippen LogP contribution in [0.25, 0.3) is 11.1 Å². The van der Waals surface area contributed by atoms with Crippen LogP contribution in [0.15, 0.2) is 35.3 Å². The minimum absolute atomic E-state index is 0.0216. The maximum atomic E-state index is 11.8. The summed E-state index contributed by atoms with van der Waals surface area (Å²) in [7, 11) is 1.76. The first-order valence-corrected chi connectivity index (χ1v) is 7.81. The first-order valence-electron chi connectivity index (χ1n) is 7.81. The SMILES string of the molecule is Cc1cc(-c2ccc(N)c(NCCOC(C)C)c2)cn(C)c1=O. The second kappa shape index (κ2) is 7.33. The Balaban J connectivity index is 2.21. The maximum Gasteiger partial charge on any atom is 0.253 e. The van der Waals surface area contributed by atoms with Crippen molar-refractivity contribution in [3.63, 3.8) is 0 Å². The Labute approximate surface area is 137 Å². The molecule has 0 saturated carbocycles. The number of benzene rings is 1. The molecule has 0 spiro atoms. The lowest BCUT2D eigenvalue weighted by molar-refractivity contribution is 0.0871. The number of nitrogens with two attached hydrogens (primary N) is 1. The third kappa shape index (κ3) is 4.36. The molecule has 23 heavy (non-hydrogen) atoms. The van der Waals surface area contributed by atoms with E-state index in [4.69, 9.17) is 10.5 Å². The zero-order valence-electron chi connectivity index (χ0n) is 14.2. The minimum Gasteiger partial charge on any atom is -0.397 e. The molecule has 0 aliphatic rings. The summed E-state index contributed by atoms with van der Waals surface area (Å²) in [6.07, 6.45) is 2.06. The van der Waals surface area contributed by atoms with Crippen LogP contribution in [0.5, 0.6) is 0 Å². The van der Waals surface area contributed by atoms with Gasteiger partial charge in [-0.15, -0.1) is 0 Å². The molecule has 0 aliphatic carbocycles. The Bertz CT molecular complexity index is 709. The molecule has 0 radical (unpaired) electrons. The number of aryl methyl sites for hydroxylation is 2. The molecule has 1 heterocycles. The lowest BCUT2D eigenvalue weighted by Crippen LogP contribution is -2.18. The number of pyridine rings is 1. The lowest BCUT2D eigenvalue weighted by Gasteiger charge is -2.13. The van der Waals surface area contributed by atoms with Gasteiger partial charge < -0.3 is 20.4 Å². The van der Waals surface area contributed by atoms with Crippen LogP contribution in [0, 0.1) is 6.92 Å². The van der Waals surface area contributed by atoms with Gasteiger partial charge in [0.05, 0.1) is 24.1 Å². The molecule has 5 heteroatoms. The first kappa shape index (κ1) is 17.1. The molecule has 0 aliphatic heterocycles. The third-order valence-electron chi connectivity index (χ3n) is 3.62. The van der Waals surface area contributed by atoms with Crippen molar-refractivity contribution in [2.75, 3.05) is 24.2 Å². The van der Waals surface area contributed by atoms with Gasteiger partial charge in [-0.2, -0.15) is 0 Å². The molecule has 5 nitrogen and oxygen atoms in total. The highest BCUT2D eigenvalue weighted by atomic mass is 16.5. The second-order valence-corrected chi connectivity index (χ2v) is 5.98. The van der Waals surface area contributed by atoms with E-state index < -0.39 is 0 Å². The van der Waals surface area contributed by atoms with E-state index >= 15 is 0 Å². The zero-order chi connectivity index (χ0) is 17.0. The molecule has 124 valence electrons. The monoisotopic (exact) mass is 315 g/mol. The Morgan fingerprint density at radius 2 is 2.00 bits per heavy atom. The molecule has 0 saturated heterocycles. The van der Waals surface area contributed by atoms with Gasteiger partial charge in [-0.1, -0.05) is 6.07 Å². The molecule has 0 atom stereocenters. The van der Waals surface area contributed by atoms with E-state index in [0.29, 0.717) is 18.8 Å². The summed E-state index contributed by atoms with van der Waals surface area (Å²) in [4.78, 5) is 11.8. The molecule has 3 N–H and O–H groups in total. The molecule has 1 aromatic heterocycles. The van der Waals surface area contributed by atoms with Crippen molar-refractivity contribution in [1.82, 2.24) is 4.57 Å². The van der Waals surface area contributed by atoms with Crippen LogP contribution >= 0.6 is 0 Å². The number of anilines is 2. The lowest BCUT2D eigenvalue weighted by atomic mass is 10.0. The summed E-state index contributed by atoms with van der Waals surface area (Å²) in [6.45, 7) is 7.16. The zero-order valence-corrected chi connectivity index (χ0v) is 14.2. The van der Waals surface area contributed by atoms with Crippen molar-refractivity contribution in [3.05, 3.63) is 46.4 Å². The summed E-state index contributed by atoms with van der Waals surface area (Å²) in [5.74, 6) is 0. The van der Waals surface area contributed by atoms with E-state index in [0.717, 1.165) is 22.4 Å². The first-order chi connectivity index (χ1) is 10.9. The van der Waals surface area contributed by atoms with Crippen LogP contribution in [0.1, 0.15) is 19.4 Å². The van der Waals surface area contributed by atoms with Gasteiger partial charge in [-0.3, -0.25) is 4.79 Å². The van der Waals surface area contributed by atoms with Crippen LogP contribution in [0.4, 0.5) is 11.4 Å². The number of ether oxygens (including phenoxy) is 1. The Morgan fingerprint density at radius 3 is 2.65 bits per heavy atom. The smallest absolute Gasteiger partial charge is 0.253 e. The van der Waals surface area contributed by atoms with E-state index in [1.807, 2.05) is 51.2 Å². The van der Waals surface area contributed by atoms with Crippen LogP contribution in [-0.2, 0) is 11.8 Å².